The SMILES string of the molecule is CN=C(NCc1ccc(OCCCN(C)C)cc1)N1CCOC(C2CCCO2)C1.I. The fourth-order valence-electron chi connectivity index (χ4n) is 3.78. The first-order chi connectivity index (χ1) is 14.2. The van der Waals surface area contributed by atoms with Crippen LogP contribution in [0.25, 0.3) is 0 Å². The maximum Gasteiger partial charge on any atom is 0.194 e. The minimum atomic E-state index is 0. The second-order valence-electron chi connectivity index (χ2n) is 7.96. The third-order valence-electron chi connectivity index (χ3n) is 5.38. The van der Waals surface area contributed by atoms with Gasteiger partial charge in [-0.3, -0.25) is 4.99 Å². The summed E-state index contributed by atoms with van der Waals surface area (Å²) in [6.07, 6.45) is 3.61. The number of ether oxygens (including phenoxy) is 3. The monoisotopic (exact) mass is 532 g/mol. The number of aliphatic imine (C=N–C) groups is 1. The van der Waals surface area contributed by atoms with Gasteiger partial charge in [-0.2, -0.15) is 0 Å². The van der Waals surface area contributed by atoms with Crippen LogP contribution >= 0.6 is 24.0 Å². The van der Waals surface area contributed by atoms with E-state index in [1.807, 2.05) is 19.2 Å². The molecule has 170 valence electrons. The molecular formula is C22H37IN4O3. The number of nitrogens with zero attached hydrogens (tertiary/aromatic N) is 3. The number of rotatable bonds is 8. The maximum atomic E-state index is 5.95. The van der Waals surface area contributed by atoms with Gasteiger partial charge in [0, 0.05) is 39.8 Å². The van der Waals surface area contributed by atoms with E-state index in [9.17, 15) is 0 Å². The van der Waals surface area contributed by atoms with Crippen molar-refractivity contribution in [1.82, 2.24) is 15.1 Å². The highest BCUT2D eigenvalue weighted by molar-refractivity contribution is 14.0. The molecule has 0 bridgehead atoms. The van der Waals surface area contributed by atoms with Gasteiger partial charge in [-0.05, 0) is 51.1 Å². The number of halogens is 1. The molecule has 3 rings (SSSR count). The molecule has 2 aliphatic heterocycles. The van der Waals surface area contributed by atoms with E-state index in [1.54, 1.807) is 0 Å². The standard InChI is InChI=1S/C22H36N4O3.HI/c1-23-22(26-12-15-29-21(17-26)20-6-4-13-28-20)24-16-18-7-9-19(10-8-18)27-14-5-11-25(2)3;/h7-10,20-21H,4-6,11-17H2,1-3H3,(H,23,24);1H. The highest BCUT2D eigenvalue weighted by atomic mass is 127. The molecule has 1 aromatic carbocycles. The molecular weight excluding hydrogens is 495 g/mol. The van der Waals surface area contributed by atoms with Gasteiger partial charge in [-0.25, -0.2) is 0 Å². The van der Waals surface area contributed by atoms with Crippen molar-refractivity contribution in [1.29, 1.82) is 0 Å². The number of morpholine rings is 1. The van der Waals surface area contributed by atoms with Crippen molar-refractivity contribution >= 4 is 29.9 Å². The van der Waals surface area contributed by atoms with Gasteiger partial charge in [-0.15, -0.1) is 24.0 Å². The lowest BCUT2D eigenvalue weighted by molar-refractivity contribution is -0.0817. The number of nitrogens with one attached hydrogen (secondary N) is 1. The quantitative estimate of drug-likeness (QED) is 0.241. The normalized spacial score (nSPS) is 22.1. The van der Waals surface area contributed by atoms with Crippen LogP contribution in [0, 0.1) is 0 Å². The Morgan fingerprint density at radius 3 is 2.63 bits per heavy atom. The second kappa shape index (κ2) is 13.3. The molecule has 2 unspecified atom stereocenters. The van der Waals surface area contributed by atoms with Crippen LogP contribution in [0.4, 0.5) is 0 Å². The average molecular weight is 532 g/mol. The summed E-state index contributed by atoms with van der Waals surface area (Å²) < 4.78 is 17.6. The van der Waals surface area contributed by atoms with E-state index in [1.165, 1.54) is 5.56 Å². The Hall–Kier alpha value is -1.10. The lowest BCUT2D eigenvalue weighted by Crippen LogP contribution is -2.53. The molecule has 2 saturated heterocycles. The molecule has 7 nitrogen and oxygen atoms in total. The van der Waals surface area contributed by atoms with Crippen molar-refractivity contribution in [2.75, 3.05) is 60.6 Å². The molecule has 0 aromatic heterocycles. The molecule has 0 radical (unpaired) electrons. The summed E-state index contributed by atoms with van der Waals surface area (Å²) in [7, 11) is 5.99. The van der Waals surface area contributed by atoms with Gasteiger partial charge in [-0.1, -0.05) is 12.1 Å². The van der Waals surface area contributed by atoms with Crippen LogP contribution in [0.3, 0.4) is 0 Å². The van der Waals surface area contributed by atoms with Crippen molar-refractivity contribution < 1.29 is 14.2 Å². The number of benzene rings is 1. The number of guanidine groups is 1. The van der Waals surface area contributed by atoms with Gasteiger partial charge in [0.25, 0.3) is 0 Å². The Kier molecular flexibility index (Phi) is 11.2. The highest BCUT2D eigenvalue weighted by Crippen LogP contribution is 2.21. The lowest BCUT2D eigenvalue weighted by Gasteiger charge is -2.37. The summed E-state index contributed by atoms with van der Waals surface area (Å²) in [4.78, 5) is 8.92. The molecule has 8 heteroatoms. The minimum Gasteiger partial charge on any atom is -0.494 e. The summed E-state index contributed by atoms with van der Waals surface area (Å²) in [5, 5.41) is 3.48. The van der Waals surface area contributed by atoms with Crippen molar-refractivity contribution in [3.63, 3.8) is 0 Å². The van der Waals surface area contributed by atoms with Crippen LogP contribution in [0.5, 0.6) is 5.75 Å². The Bertz CT molecular complexity index is 636. The van der Waals surface area contributed by atoms with Crippen molar-refractivity contribution in [3.05, 3.63) is 29.8 Å². The van der Waals surface area contributed by atoms with Crippen molar-refractivity contribution in [2.24, 2.45) is 4.99 Å². The van der Waals surface area contributed by atoms with E-state index in [-0.39, 0.29) is 36.2 Å². The summed E-state index contributed by atoms with van der Waals surface area (Å²) >= 11 is 0. The summed E-state index contributed by atoms with van der Waals surface area (Å²) in [6, 6.07) is 8.29. The van der Waals surface area contributed by atoms with Gasteiger partial charge >= 0.3 is 0 Å². The fraction of sp³-hybridized carbons (Fsp3) is 0.682. The van der Waals surface area contributed by atoms with Crippen molar-refractivity contribution in [2.45, 2.75) is 38.0 Å². The Morgan fingerprint density at radius 1 is 1.20 bits per heavy atom. The largest absolute Gasteiger partial charge is 0.494 e. The van der Waals surface area contributed by atoms with Gasteiger partial charge < -0.3 is 29.3 Å². The first kappa shape index (κ1) is 25.2. The Labute approximate surface area is 198 Å². The third kappa shape index (κ3) is 7.86. The van der Waals surface area contributed by atoms with Gasteiger partial charge in [0.1, 0.15) is 11.9 Å². The first-order valence-corrected chi connectivity index (χ1v) is 10.7. The van der Waals surface area contributed by atoms with Gasteiger partial charge in [0.15, 0.2) is 5.96 Å². The van der Waals surface area contributed by atoms with E-state index in [0.29, 0.717) is 6.61 Å². The van der Waals surface area contributed by atoms with Crippen LogP contribution in [-0.2, 0) is 16.0 Å². The molecule has 2 atom stereocenters. The van der Waals surface area contributed by atoms with E-state index in [0.717, 1.165) is 70.4 Å². The zero-order valence-electron chi connectivity index (χ0n) is 18.5. The molecule has 2 heterocycles. The summed E-state index contributed by atoms with van der Waals surface area (Å²) in [5.74, 6) is 1.84. The molecule has 2 aliphatic rings. The highest BCUT2D eigenvalue weighted by Gasteiger charge is 2.32. The van der Waals surface area contributed by atoms with Crippen LogP contribution in [0.15, 0.2) is 29.3 Å². The van der Waals surface area contributed by atoms with Crippen LogP contribution in [0.2, 0.25) is 0 Å². The van der Waals surface area contributed by atoms with E-state index in [2.05, 4.69) is 46.3 Å². The van der Waals surface area contributed by atoms with Gasteiger partial charge in [0.2, 0.25) is 0 Å². The molecule has 1 N–H and O–H groups in total. The third-order valence-corrected chi connectivity index (χ3v) is 5.38. The smallest absolute Gasteiger partial charge is 0.194 e. The fourth-order valence-corrected chi connectivity index (χ4v) is 3.78. The summed E-state index contributed by atoms with van der Waals surface area (Å²) in [6.45, 7) is 5.75. The first-order valence-electron chi connectivity index (χ1n) is 10.7. The predicted octanol–water partition coefficient (Wildman–Crippen LogP) is 2.59. The Balaban J connectivity index is 0.00000320. The van der Waals surface area contributed by atoms with Gasteiger partial charge in [0.05, 0.1) is 19.3 Å². The second-order valence-corrected chi connectivity index (χ2v) is 7.96. The van der Waals surface area contributed by atoms with E-state index in [4.69, 9.17) is 14.2 Å². The molecule has 0 spiro atoms. The van der Waals surface area contributed by atoms with Crippen LogP contribution < -0.4 is 10.1 Å². The zero-order chi connectivity index (χ0) is 20.5. The van der Waals surface area contributed by atoms with Crippen molar-refractivity contribution in [3.8, 4) is 5.75 Å². The molecule has 1 aromatic rings. The number of hydrogen-bond donors (Lipinski definition) is 1. The maximum absolute atomic E-state index is 5.95. The zero-order valence-corrected chi connectivity index (χ0v) is 20.8. The lowest BCUT2D eigenvalue weighted by atomic mass is 10.1. The molecule has 0 saturated carbocycles. The van der Waals surface area contributed by atoms with E-state index >= 15 is 0 Å². The molecule has 0 amide bonds. The van der Waals surface area contributed by atoms with Crippen LogP contribution in [-0.4, -0.2) is 88.6 Å². The predicted molar refractivity (Wildman–Crippen MR) is 131 cm³/mol. The Morgan fingerprint density at radius 2 is 1.97 bits per heavy atom. The summed E-state index contributed by atoms with van der Waals surface area (Å²) in [5.41, 5.74) is 1.20. The minimum absolute atomic E-state index is 0. The van der Waals surface area contributed by atoms with Crippen LogP contribution in [0.1, 0.15) is 24.8 Å². The molecule has 2 fully saturated rings. The topological polar surface area (TPSA) is 58.6 Å². The molecule has 0 aliphatic carbocycles. The average Bonchev–Trinajstić information content (AvgIpc) is 3.28. The van der Waals surface area contributed by atoms with E-state index < -0.39 is 0 Å². The number of hydrogen-bond acceptors (Lipinski definition) is 5. The molecule has 30 heavy (non-hydrogen) atoms.